The van der Waals surface area contributed by atoms with Gasteiger partial charge in [0.25, 0.3) is 0 Å². The fourth-order valence-electron chi connectivity index (χ4n) is 2.53. The Kier molecular flexibility index (Phi) is 4.10. The molecule has 0 bridgehead atoms. The lowest BCUT2D eigenvalue weighted by Crippen LogP contribution is -2.48. The third-order valence-electron chi connectivity index (χ3n) is 3.69. The molecule has 0 saturated carbocycles. The molecule has 1 aliphatic heterocycles. The number of carboxylic acid groups (broad SMARTS) is 1. The first-order valence-electron chi connectivity index (χ1n) is 6.70. The number of rotatable bonds is 3. The van der Waals surface area contributed by atoms with Gasteiger partial charge in [0, 0.05) is 13.1 Å². The summed E-state index contributed by atoms with van der Waals surface area (Å²) in [5.41, 5.74) is -0.628. The van der Waals surface area contributed by atoms with Crippen LogP contribution in [0, 0.1) is 6.92 Å². The molecule has 0 spiro atoms. The van der Waals surface area contributed by atoms with E-state index in [1.165, 1.54) is 22.5 Å². The van der Waals surface area contributed by atoms with Crippen molar-refractivity contribution in [2.45, 2.75) is 37.2 Å². The molecule has 1 aromatic carbocycles. The molecule has 0 amide bonds. The van der Waals surface area contributed by atoms with Crippen LogP contribution in [0.4, 0.5) is 0 Å². The summed E-state index contributed by atoms with van der Waals surface area (Å²) in [4.78, 5) is 11.0. The van der Waals surface area contributed by atoms with Gasteiger partial charge in [-0.15, -0.1) is 0 Å². The maximum atomic E-state index is 12.7. The van der Waals surface area contributed by atoms with Crippen LogP contribution in [0.15, 0.2) is 23.1 Å². The maximum Gasteiger partial charge on any atom is 0.335 e. The lowest BCUT2D eigenvalue weighted by atomic mass is 9.97. The highest BCUT2D eigenvalue weighted by Gasteiger charge is 2.36. The number of aryl methyl sites for hydroxylation is 1. The quantitative estimate of drug-likeness (QED) is 0.875. The Balaban J connectivity index is 2.44. The van der Waals surface area contributed by atoms with E-state index < -0.39 is 21.6 Å². The second-order valence-electron chi connectivity index (χ2n) is 5.72. The SMILES string of the molecule is Cc1ccc(C(=O)O)cc1S(=O)(=O)N1CCCC(C)(O)C1. The van der Waals surface area contributed by atoms with Crippen LogP contribution in [-0.2, 0) is 10.0 Å². The Morgan fingerprint density at radius 2 is 2.05 bits per heavy atom. The summed E-state index contributed by atoms with van der Waals surface area (Å²) < 4.78 is 26.6. The minimum absolute atomic E-state index is 0.0138. The normalized spacial score (nSPS) is 24.0. The zero-order chi connectivity index (χ0) is 15.8. The van der Waals surface area contributed by atoms with Gasteiger partial charge in [-0.2, -0.15) is 4.31 Å². The van der Waals surface area contributed by atoms with Crippen molar-refractivity contribution in [3.63, 3.8) is 0 Å². The van der Waals surface area contributed by atoms with Crippen molar-refractivity contribution in [2.75, 3.05) is 13.1 Å². The fraction of sp³-hybridized carbons (Fsp3) is 0.500. The number of hydrogen-bond donors (Lipinski definition) is 2. The highest BCUT2D eigenvalue weighted by Crippen LogP contribution is 2.28. The molecule has 6 nitrogen and oxygen atoms in total. The zero-order valence-corrected chi connectivity index (χ0v) is 12.9. The summed E-state index contributed by atoms with van der Waals surface area (Å²) in [5.74, 6) is -1.17. The van der Waals surface area contributed by atoms with E-state index in [0.29, 0.717) is 24.9 Å². The first kappa shape index (κ1) is 15.9. The summed E-state index contributed by atoms with van der Waals surface area (Å²) in [6.07, 6.45) is 1.12. The standard InChI is InChI=1S/C14H19NO5S/c1-10-4-5-11(13(16)17)8-12(10)21(19,20)15-7-3-6-14(2,18)9-15/h4-5,8,18H,3,6-7,9H2,1-2H3,(H,16,17). The molecule has 1 aliphatic rings. The topological polar surface area (TPSA) is 94.9 Å². The van der Waals surface area contributed by atoms with Crippen LogP contribution in [0.5, 0.6) is 0 Å². The van der Waals surface area contributed by atoms with Gasteiger partial charge in [-0.3, -0.25) is 0 Å². The Morgan fingerprint density at radius 3 is 2.62 bits per heavy atom. The van der Waals surface area contributed by atoms with E-state index in [4.69, 9.17) is 5.11 Å². The molecular formula is C14H19NO5S. The number of aromatic carboxylic acids is 1. The van der Waals surface area contributed by atoms with E-state index in [-0.39, 0.29) is 17.0 Å². The largest absolute Gasteiger partial charge is 0.478 e. The molecule has 0 aliphatic carbocycles. The minimum atomic E-state index is -3.81. The monoisotopic (exact) mass is 313 g/mol. The average Bonchev–Trinajstić information content (AvgIpc) is 2.37. The second kappa shape index (κ2) is 5.40. The van der Waals surface area contributed by atoms with E-state index in [0.717, 1.165) is 0 Å². The number of piperidine rings is 1. The van der Waals surface area contributed by atoms with Crippen molar-refractivity contribution >= 4 is 16.0 Å². The lowest BCUT2D eigenvalue weighted by Gasteiger charge is -2.36. The predicted octanol–water partition coefficient (Wildman–Crippen LogP) is 1.23. The molecule has 1 aromatic rings. The smallest absolute Gasteiger partial charge is 0.335 e. The first-order valence-corrected chi connectivity index (χ1v) is 8.14. The summed E-state index contributed by atoms with van der Waals surface area (Å²) in [7, 11) is -3.81. The summed E-state index contributed by atoms with van der Waals surface area (Å²) in [6, 6.07) is 4.04. The Labute approximate surface area is 124 Å². The average molecular weight is 313 g/mol. The van der Waals surface area contributed by atoms with E-state index in [2.05, 4.69) is 0 Å². The molecule has 1 heterocycles. The van der Waals surface area contributed by atoms with Gasteiger partial charge in [0.15, 0.2) is 0 Å². The van der Waals surface area contributed by atoms with Gasteiger partial charge < -0.3 is 10.2 Å². The van der Waals surface area contributed by atoms with Crippen molar-refractivity contribution in [1.29, 1.82) is 0 Å². The van der Waals surface area contributed by atoms with E-state index in [1.807, 2.05) is 0 Å². The number of carbonyl (C=O) groups is 1. The summed E-state index contributed by atoms with van der Waals surface area (Å²) in [6.45, 7) is 3.58. The Morgan fingerprint density at radius 1 is 1.38 bits per heavy atom. The molecule has 0 aromatic heterocycles. The van der Waals surface area contributed by atoms with Gasteiger partial charge in [0.2, 0.25) is 10.0 Å². The Bertz CT molecular complexity index is 666. The van der Waals surface area contributed by atoms with Gasteiger partial charge in [-0.1, -0.05) is 6.07 Å². The molecule has 1 saturated heterocycles. The van der Waals surface area contributed by atoms with Crippen molar-refractivity contribution in [3.05, 3.63) is 29.3 Å². The summed E-state index contributed by atoms with van der Waals surface area (Å²) in [5, 5.41) is 19.1. The number of aliphatic hydroxyl groups is 1. The van der Waals surface area contributed by atoms with E-state index in [1.54, 1.807) is 13.8 Å². The number of sulfonamides is 1. The fourth-order valence-corrected chi connectivity index (χ4v) is 4.38. The number of β-amino-alcohol motifs (C(OH)–C–C–N with tert-alkyl or cyclic N) is 1. The number of benzene rings is 1. The van der Waals surface area contributed by atoms with Crippen LogP contribution in [0.1, 0.15) is 35.7 Å². The van der Waals surface area contributed by atoms with Crippen LogP contribution in [0.2, 0.25) is 0 Å². The molecule has 2 N–H and O–H groups in total. The summed E-state index contributed by atoms with van der Waals surface area (Å²) >= 11 is 0. The maximum absolute atomic E-state index is 12.7. The second-order valence-corrected chi connectivity index (χ2v) is 7.63. The zero-order valence-electron chi connectivity index (χ0n) is 12.0. The van der Waals surface area contributed by atoms with Gasteiger partial charge in [0.05, 0.1) is 16.1 Å². The molecule has 7 heteroatoms. The van der Waals surface area contributed by atoms with Gasteiger partial charge in [-0.25, -0.2) is 13.2 Å². The van der Waals surface area contributed by atoms with Crippen LogP contribution >= 0.6 is 0 Å². The van der Waals surface area contributed by atoms with Crippen molar-refractivity contribution < 1.29 is 23.4 Å². The Hall–Kier alpha value is -1.44. The van der Waals surface area contributed by atoms with Crippen molar-refractivity contribution in [3.8, 4) is 0 Å². The lowest BCUT2D eigenvalue weighted by molar-refractivity contribution is 0.00938. The number of carboxylic acids is 1. The van der Waals surface area contributed by atoms with Gasteiger partial charge in [0.1, 0.15) is 0 Å². The minimum Gasteiger partial charge on any atom is -0.478 e. The molecule has 21 heavy (non-hydrogen) atoms. The van der Waals surface area contributed by atoms with Crippen LogP contribution < -0.4 is 0 Å². The van der Waals surface area contributed by atoms with Crippen LogP contribution in [0.3, 0.4) is 0 Å². The van der Waals surface area contributed by atoms with E-state index >= 15 is 0 Å². The molecule has 1 unspecified atom stereocenters. The van der Waals surface area contributed by atoms with Gasteiger partial charge >= 0.3 is 5.97 Å². The van der Waals surface area contributed by atoms with Crippen molar-refractivity contribution in [2.24, 2.45) is 0 Å². The molecule has 1 atom stereocenters. The molecular weight excluding hydrogens is 294 g/mol. The molecule has 1 fully saturated rings. The van der Waals surface area contributed by atoms with Crippen LogP contribution in [0.25, 0.3) is 0 Å². The highest BCUT2D eigenvalue weighted by molar-refractivity contribution is 7.89. The van der Waals surface area contributed by atoms with Gasteiger partial charge in [-0.05, 0) is 44.4 Å². The van der Waals surface area contributed by atoms with E-state index in [9.17, 15) is 18.3 Å². The molecule has 0 radical (unpaired) electrons. The highest BCUT2D eigenvalue weighted by atomic mass is 32.2. The third-order valence-corrected chi connectivity index (χ3v) is 5.68. The predicted molar refractivity (Wildman–Crippen MR) is 76.8 cm³/mol. The molecule has 2 rings (SSSR count). The first-order chi connectivity index (χ1) is 9.63. The van der Waals surface area contributed by atoms with Crippen molar-refractivity contribution in [1.82, 2.24) is 4.31 Å². The molecule has 116 valence electrons. The number of hydrogen-bond acceptors (Lipinski definition) is 4. The van der Waals surface area contributed by atoms with Crippen LogP contribution in [-0.4, -0.2) is 47.6 Å². The third kappa shape index (κ3) is 3.25. The number of nitrogens with zero attached hydrogens (tertiary/aromatic N) is 1.